The Morgan fingerprint density at radius 3 is 2.89 bits per heavy atom. The first-order valence-electron chi connectivity index (χ1n) is 5.65. The van der Waals surface area contributed by atoms with Gasteiger partial charge in [0.25, 0.3) is 5.69 Å². The topological polar surface area (TPSA) is 68.1 Å². The van der Waals surface area contributed by atoms with E-state index in [1.807, 2.05) is 0 Å². The number of halogens is 1. The van der Waals surface area contributed by atoms with Gasteiger partial charge in [-0.25, -0.2) is 9.37 Å². The second kappa shape index (κ2) is 5.43. The predicted octanol–water partition coefficient (Wildman–Crippen LogP) is 3.05. The summed E-state index contributed by atoms with van der Waals surface area (Å²) in [7, 11) is 0. The number of nitrogens with one attached hydrogen (secondary N) is 1. The number of rotatable bonds is 4. The lowest BCUT2D eigenvalue weighted by atomic mass is 10.2. The van der Waals surface area contributed by atoms with Crippen LogP contribution in [-0.4, -0.2) is 9.91 Å². The summed E-state index contributed by atoms with van der Waals surface area (Å²) in [5.74, 6) is 0.0729. The highest BCUT2D eigenvalue weighted by atomic mass is 19.1. The SMILES string of the molecule is Cc1cnc(NCc2cccc(F)c2)cc1[N+](=O)[O-]. The molecule has 0 unspecified atom stereocenters. The van der Waals surface area contributed by atoms with Crippen molar-refractivity contribution in [3.05, 3.63) is 63.6 Å². The molecule has 0 aliphatic carbocycles. The van der Waals surface area contributed by atoms with Gasteiger partial charge in [0.2, 0.25) is 0 Å². The molecule has 2 rings (SSSR count). The van der Waals surface area contributed by atoms with Gasteiger partial charge in [-0.15, -0.1) is 0 Å². The lowest BCUT2D eigenvalue weighted by Crippen LogP contribution is -2.03. The Balaban J connectivity index is 2.12. The zero-order valence-corrected chi connectivity index (χ0v) is 10.3. The lowest BCUT2D eigenvalue weighted by Gasteiger charge is -2.06. The van der Waals surface area contributed by atoms with Crippen molar-refractivity contribution in [3.8, 4) is 0 Å². The normalized spacial score (nSPS) is 10.2. The molecule has 0 radical (unpaired) electrons. The van der Waals surface area contributed by atoms with E-state index in [4.69, 9.17) is 0 Å². The summed E-state index contributed by atoms with van der Waals surface area (Å²) >= 11 is 0. The number of aromatic nitrogens is 1. The Bertz CT molecular complexity index is 617. The van der Waals surface area contributed by atoms with Gasteiger partial charge in [-0.3, -0.25) is 10.1 Å². The molecule has 0 saturated carbocycles. The molecular weight excluding hydrogens is 249 g/mol. The van der Waals surface area contributed by atoms with Crippen LogP contribution in [0.2, 0.25) is 0 Å². The number of anilines is 1. The van der Waals surface area contributed by atoms with Crippen molar-refractivity contribution in [2.24, 2.45) is 0 Å². The Labute approximate surface area is 109 Å². The number of hydrogen-bond donors (Lipinski definition) is 1. The molecule has 2 aromatic rings. The smallest absolute Gasteiger partial charge is 0.277 e. The monoisotopic (exact) mass is 261 g/mol. The van der Waals surface area contributed by atoms with Gasteiger partial charge in [0.1, 0.15) is 11.6 Å². The Morgan fingerprint density at radius 1 is 1.42 bits per heavy atom. The van der Waals surface area contributed by atoms with Crippen LogP contribution in [0.3, 0.4) is 0 Å². The number of nitro groups is 1. The van der Waals surface area contributed by atoms with Crippen LogP contribution in [-0.2, 0) is 6.54 Å². The molecule has 0 amide bonds. The summed E-state index contributed by atoms with van der Waals surface area (Å²) in [6.45, 7) is 1.98. The first-order chi connectivity index (χ1) is 9.06. The van der Waals surface area contributed by atoms with E-state index in [-0.39, 0.29) is 11.5 Å². The predicted molar refractivity (Wildman–Crippen MR) is 69.4 cm³/mol. The number of aryl methyl sites for hydroxylation is 1. The largest absolute Gasteiger partial charge is 0.366 e. The number of benzene rings is 1. The summed E-state index contributed by atoms with van der Waals surface area (Å²) in [6.07, 6.45) is 1.44. The van der Waals surface area contributed by atoms with Crippen molar-refractivity contribution in [1.29, 1.82) is 0 Å². The average molecular weight is 261 g/mol. The van der Waals surface area contributed by atoms with E-state index >= 15 is 0 Å². The maximum Gasteiger partial charge on any atom is 0.277 e. The molecular formula is C13H12FN3O2. The fraction of sp³-hybridized carbons (Fsp3) is 0.154. The molecule has 0 bridgehead atoms. The third-order valence-electron chi connectivity index (χ3n) is 2.63. The molecule has 0 atom stereocenters. The van der Waals surface area contributed by atoms with Crippen molar-refractivity contribution in [2.75, 3.05) is 5.32 Å². The van der Waals surface area contributed by atoms with Crippen LogP contribution in [0.4, 0.5) is 15.9 Å². The molecule has 19 heavy (non-hydrogen) atoms. The fourth-order valence-electron chi connectivity index (χ4n) is 1.65. The molecule has 1 aromatic carbocycles. The van der Waals surface area contributed by atoms with Crippen molar-refractivity contribution >= 4 is 11.5 Å². The van der Waals surface area contributed by atoms with Gasteiger partial charge in [0.15, 0.2) is 0 Å². The fourth-order valence-corrected chi connectivity index (χ4v) is 1.65. The van der Waals surface area contributed by atoms with Gasteiger partial charge >= 0.3 is 0 Å². The zero-order chi connectivity index (χ0) is 13.8. The van der Waals surface area contributed by atoms with E-state index in [0.29, 0.717) is 17.9 Å². The Kier molecular flexibility index (Phi) is 3.70. The Morgan fingerprint density at radius 2 is 2.21 bits per heavy atom. The summed E-state index contributed by atoms with van der Waals surface area (Å²) in [5.41, 5.74) is 1.25. The third-order valence-corrected chi connectivity index (χ3v) is 2.63. The number of pyridine rings is 1. The minimum Gasteiger partial charge on any atom is -0.366 e. The van der Waals surface area contributed by atoms with Crippen LogP contribution >= 0.6 is 0 Å². The van der Waals surface area contributed by atoms with Gasteiger partial charge in [-0.2, -0.15) is 0 Å². The molecule has 6 heteroatoms. The van der Waals surface area contributed by atoms with Crippen molar-refractivity contribution in [3.63, 3.8) is 0 Å². The van der Waals surface area contributed by atoms with E-state index < -0.39 is 4.92 Å². The van der Waals surface area contributed by atoms with Crippen LogP contribution in [0, 0.1) is 22.9 Å². The second-order valence-corrected chi connectivity index (χ2v) is 4.10. The maximum absolute atomic E-state index is 13.0. The Hall–Kier alpha value is -2.50. The second-order valence-electron chi connectivity index (χ2n) is 4.10. The molecule has 0 fully saturated rings. The molecule has 0 spiro atoms. The van der Waals surface area contributed by atoms with Gasteiger partial charge < -0.3 is 5.32 Å². The summed E-state index contributed by atoms with van der Waals surface area (Å²) in [6, 6.07) is 7.50. The van der Waals surface area contributed by atoms with Crippen molar-refractivity contribution in [1.82, 2.24) is 4.98 Å². The standard InChI is InChI=1S/C13H12FN3O2/c1-9-7-15-13(6-12(9)17(18)19)16-8-10-3-2-4-11(14)5-10/h2-7H,8H2,1H3,(H,15,16). The quantitative estimate of drug-likeness (QED) is 0.678. The van der Waals surface area contributed by atoms with Crippen LogP contribution < -0.4 is 5.32 Å². The van der Waals surface area contributed by atoms with Gasteiger partial charge in [-0.05, 0) is 24.6 Å². The highest BCUT2D eigenvalue weighted by Gasteiger charge is 2.11. The van der Waals surface area contributed by atoms with Crippen LogP contribution in [0.25, 0.3) is 0 Å². The van der Waals surface area contributed by atoms with Crippen molar-refractivity contribution < 1.29 is 9.31 Å². The molecule has 1 N–H and O–H groups in total. The van der Waals surface area contributed by atoms with Crippen LogP contribution in [0.15, 0.2) is 36.5 Å². The molecule has 1 heterocycles. The maximum atomic E-state index is 13.0. The molecule has 0 saturated heterocycles. The molecule has 98 valence electrons. The molecule has 5 nitrogen and oxygen atoms in total. The summed E-state index contributed by atoms with van der Waals surface area (Å²) < 4.78 is 13.0. The first kappa shape index (κ1) is 12.9. The highest BCUT2D eigenvalue weighted by Crippen LogP contribution is 2.20. The number of nitrogens with zero attached hydrogens (tertiary/aromatic N) is 2. The number of hydrogen-bond acceptors (Lipinski definition) is 4. The summed E-state index contributed by atoms with van der Waals surface area (Å²) in [4.78, 5) is 14.4. The minimum absolute atomic E-state index is 0.0109. The zero-order valence-electron chi connectivity index (χ0n) is 10.3. The lowest BCUT2D eigenvalue weighted by molar-refractivity contribution is -0.385. The third kappa shape index (κ3) is 3.25. The average Bonchev–Trinajstić information content (AvgIpc) is 2.37. The van der Waals surface area contributed by atoms with Gasteiger partial charge in [0.05, 0.1) is 11.0 Å². The van der Waals surface area contributed by atoms with Crippen LogP contribution in [0.1, 0.15) is 11.1 Å². The van der Waals surface area contributed by atoms with Crippen molar-refractivity contribution in [2.45, 2.75) is 13.5 Å². The van der Waals surface area contributed by atoms with E-state index in [9.17, 15) is 14.5 Å². The molecule has 0 aliphatic heterocycles. The van der Waals surface area contributed by atoms with Gasteiger partial charge in [0, 0.05) is 18.3 Å². The highest BCUT2D eigenvalue weighted by molar-refractivity contribution is 5.49. The first-order valence-corrected chi connectivity index (χ1v) is 5.65. The van der Waals surface area contributed by atoms with E-state index in [2.05, 4.69) is 10.3 Å². The minimum atomic E-state index is -0.454. The van der Waals surface area contributed by atoms with Crippen LogP contribution in [0.5, 0.6) is 0 Å². The summed E-state index contributed by atoms with van der Waals surface area (Å²) in [5, 5.41) is 13.7. The van der Waals surface area contributed by atoms with Gasteiger partial charge in [-0.1, -0.05) is 12.1 Å². The molecule has 1 aromatic heterocycles. The van der Waals surface area contributed by atoms with E-state index in [0.717, 1.165) is 5.56 Å². The van der Waals surface area contributed by atoms with E-state index in [1.165, 1.54) is 24.4 Å². The molecule has 0 aliphatic rings. The van der Waals surface area contributed by atoms with E-state index in [1.54, 1.807) is 19.1 Å².